The molecule has 0 N–H and O–H groups in total. The number of pyridine rings is 1. The van der Waals surface area contributed by atoms with Crippen molar-refractivity contribution in [2.24, 2.45) is 7.05 Å². The molecule has 0 aromatic carbocycles. The Morgan fingerprint density at radius 1 is 1.57 bits per heavy atom. The van der Waals surface area contributed by atoms with Crippen molar-refractivity contribution in [2.45, 2.75) is 11.3 Å². The van der Waals surface area contributed by atoms with Crippen LogP contribution in [-0.2, 0) is 11.8 Å². The molecule has 1 saturated heterocycles. The summed E-state index contributed by atoms with van der Waals surface area (Å²) in [6.45, 7) is 0.968. The van der Waals surface area contributed by atoms with E-state index in [2.05, 4.69) is 20.5 Å². The molecule has 10 heteroatoms. The molecule has 118 valence electrons. The van der Waals surface area contributed by atoms with E-state index in [-0.39, 0.29) is 17.8 Å². The molecular formula is C13H13N7O2S. The van der Waals surface area contributed by atoms with Gasteiger partial charge in [0.15, 0.2) is 0 Å². The number of hydrogen-bond donors (Lipinski definition) is 0. The molecule has 1 aliphatic rings. The Hall–Kier alpha value is -2.67. The van der Waals surface area contributed by atoms with Crippen LogP contribution in [0.5, 0.6) is 5.88 Å². The van der Waals surface area contributed by atoms with E-state index in [0.29, 0.717) is 29.7 Å². The average molecular weight is 331 g/mol. The van der Waals surface area contributed by atoms with E-state index in [1.54, 1.807) is 30.3 Å². The van der Waals surface area contributed by atoms with E-state index in [4.69, 9.17) is 10.00 Å². The summed E-state index contributed by atoms with van der Waals surface area (Å²) in [6, 6.07) is 5.36. The van der Waals surface area contributed by atoms with Crippen molar-refractivity contribution in [3.63, 3.8) is 0 Å². The van der Waals surface area contributed by atoms with Gasteiger partial charge in [-0.2, -0.15) is 5.26 Å². The van der Waals surface area contributed by atoms with Crippen molar-refractivity contribution < 1.29 is 9.53 Å². The molecule has 0 unspecified atom stereocenters. The van der Waals surface area contributed by atoms with Crippen LogP contribution >= 0.6 is 11.8 Å². The summed E-state index contributed by atoms with van der Waals surface area (Å²) in [5.74, 6) is 0.583. The van der Waals surface area contributed by atoms with Crippen LogP contribution < -0.4 is 4.74 Å². The molecule has 1 amide bonds. The first-order valence-corrected chi connectivity index (χ1v) is 7.80. The lowest BCUT2D eigenvalue weighted by atomic mass is 10.1. The topological polar surface area (TPSA) is 110 Å². The third kappa shape index (κ3) is 3.40. The number of thioether (sulfide) groups is 1. The van der Waals surface area contributed by atoms with E-state index >= 15 is 0 Å². The Kier molecular flexibility index (Phi) is 4.38. The molecule has 1 aliphatic heterocycles. The van der Waals surface area contributed by atoms with E-state index in [1.165, 1.54) is 16.4 Å². The van der Waals surface area contributed by atoms with Crippen LogP contribution in [0, 0.1) is 11.3 Å². The normalized spacial score (nSPS) is 14.2. The van der Waals surface area contributed by atoms with Gasteiger partial charge in [0, 0.05) is 13.2 Å². The van der Waals surface area contributed by atoms with Gasteiger partial charge in [-0.25, -0.2) is 9.67 Å². The standard InChI is InChI=1S/C13H13N7O2S/c1-19-13(16-17-18-19)23-8-11(21)20-6-10(7-20)22-12-9(5-14)3-2-4-15-12/h2-4,10H,6-8H2,1H3. The molecule has 2 aromatic rings. The summed E-state index contributed by atoms with van der Waals surface area (Å²) in [4.78, 5) is 17.8. The number of aromatic nitrogens is 5. The maximum atomic E-state index is 12.1. The molecule has 0 radical (unpaired) electrons. The Morgan fingerprint density at radius 3 is 3.09 bits per heavy atom. The Morgan fingerprint density at radius 2 is 2.39 bits per heavy atom. The lowest BCUT2D eigenvalue weighted by Crippen LogP contribution is -2.56. The van der Waals surface area contributed by atoms with Crippen LogP contribution in [0.25, 0.3) is 0 Å². The van der Waals surface area contributed by atoms with Crippen LogP contribution in [0.4, 0.5) is 0 Å². The molecule has 0 atom stereocenters. The zero-order valence-electron chi connectivity index (χ0n) is 12.3. The van der Waals surface area contributed by atoms with Gasteiger partial charge >= 0.3 is 0 Å². The van der Waals surface area contributed by atoms with Crippen LogP contribution in [0.1, 0.15) is 5.56 Å². The minimum atomic E-state index is -0.137. The number of rotatable bonds is 5. The predicted octanol–water partition coefficient (Wildman–Crippen LogP) is -0.141. The first kappa shape index (κ1) is 15.2. The zero-order valence-corrected chi connectivity index (χ0v) is 13.1. The molecule has 0 bridgehead atoms. The molecule has 3 heterocycles. The number of hydrogen-bond acceptors (Lipinski definition) is 8. The fourth-order valence-corrected chi connectivity index (χ4v) is 2.76. The smallest absolute Gasteiger partial charge is 0.233 e. The summed E-state index contributed by atoms with van der Waals surface area (Å²) < 4.78 is 7.17. The monoisotopic (exact) mass is 331 g/mol. The summed E-state index contributed by atoms with van der Waals surface area (Å²) in [7, 11) is 1.72. The number of tetrazole rings is 1. The number of aryl methyl sites for hydroxylation is 1. The summed E-state index contributed by atoms with van der Waals surface area (Å²) in [6.07, 6.45) is 1.44. The first-order valence-electron chi connectivity index (χ1n) is 6.82. The third-order valence-corrected chi connectivity index (χ3v) is 4.27. The van der Waals surface area contributed by atoms with Crippen molar-refractivity contribution in [1.29, 1.82) is 5.26 Å². The van der Waals surface area contributed by atoms with Crippen molar-refractivity contribution in [3.05, 3.63) is 23.9 Å². The zero-order chi connectivity index (χ0) is 16.2. The van der Waals surface area contributed by atoms with Gasteiger partial charge in [0.1, 0.15) is 17.7 Å². The molecule has 2 aromatic heterocycles. The highest BCUT2D eigenvalue weighted by Crippen LogP contribution is 2.21. The van der Waals surface area contributed by atoms with Crippen molar-refractivity contribution in [1.82, 2.24) is 30.1 Å². The number of likely N-dealkylation sites (tertiary alicyclic amines) is 1. The van der Waals surface area contributed by atoms with Gasteiger partial charge in [0.2, 0.25) is 16.9 Å². The number of carbonyl (C=O) groups is 1. The van der Waals surface area contributed by atoms with Crippen LogP contribution in [0.2, 0.25) is 0 Å². The van der Waals surface area contributed by atoms with E-state index in [0.717, 1.165) is 0 Å². The SMILES string of the molecule is Cn1nnnc1SCC(=O)N1CC(Oc2ncccc2C#N)C1. The number of nitriles is 1. The maximum absolute atomic E-state index is 12.1. The van der Waals surface area contributed by atoms with Crippen molar-refractivity contribution >= 4 is 17.7 Å². The van der Waals surface area contributed by atoms with Gasteiger partial charge in [-0.15, -0.1) is 5.10 Å². The minimum Gasteiger partial charge on any atom is -0.470 e. The Labute approximate surface area is 136 Å². The van der Waals surface area contributed by atoms with Gasteiger partial charge < -0.3 is 9.64 Å². The van der Waals surface area contributed by atoms with Crippen molar-refractivity contribution in [3.8, 4) is 11.9 Å². The number of nitrogens with zero attached hydrogens (tertiary/aromatic N) is 7. The Bertz CT molecular complexity index is 751. The molecule has 23 heavy (non-hydrogen) atoms. The Balaban J connectivity index is 1.46. The van der Waals surface area contributed by atoms with E-state index < -0.39 is 0 Å². The van der Waals surface area contributed by atoms with Gasteiger partial charge in [0.05, 0.1) is 18.8 Å². The lowest BCUT2D eigenvalue weighted by molar-refractivity contribution is -0.137. The molecule has 0 spiro atoms. The summed E-state index contributed by atoms with van der Waals surface area (Å²) >= 11 is 1.29. The van der Waals surface area contributed by atoms with Crippen LogP contribution in [-0.4, -0.2) is 60.9 Å². The fourth-order valence-electron chi connectivity index (χ4n) is 2.01. The predicted molar refractivity (Wildman–Crippen MR) is 79.5 cm³/mol. The van der Waals surface area contributed by atoms with E-state index in [9.17, 15) is 4.79 Å². The maximum Gasteiger partial charge on any atom is 0.233 e. The second-order valence-corrected chi connectivity index (χ2v) is 5.82. The first-order chi connectivity index (χ1) is 11.2. The van der Waals surface area contributed by atoms with Crippen molar-refractivity contribution in [2.75, 3.05) is 18.8 Å². The molecule has 1 fully saturated rings. The molecular weight excluding hydrogens is 318 g/mol. The highest BCUT2D eigenvalue weighted by molar-refractivity contribution is 7.99. The largest absolute Gasteiger partial charge is 0.470 e. The molecule has 3 rings (SSSR count). The molecule has 0 saturated carbocycles. The lowest BCUT2D eigenvalue weighted by Gasteiger charge is -2.38. The second kappa shape index (κ2) is 6.62. The van der Waals surface area contributed by atoms with Gasteiger partial charge in [-0.3, -0.25) is 4.79 Å². The molecule has 9 nitrogen and oxygen atoms in total. The number of ether oxygens (including phenoxy) is 1. The third-order valence-electron chi connectivity index (χ3n) is 3.28. The second-order valence-electron chi connectivity index (χ2n) is 4.88. The highest BCUT2D eigenvalue weighted by Gasteiger charge is 2.33. The fraction of sp³-hybridized carbons (Fsp3) is 0.385. The van der Waals surface area contributed by atoms with E-state index in [1.807, 2.05) is 6.07 Å². The number of carbonyl (C=O) groups excluding carboxylic acids is 1. The summed E-state index contributed by atoms with van der Waals surface area (Å²) in [5.41, 5.74) is 0.391. The van der Waals surface area contributed by atoms with Gasteiger partial charge in [-0.05, 0) is 22.6 Å². The quantitative estimate of drug-likeness (QED) is 0.696. The molecule has 0 aliphatic carbocycles. The number of amides is 1. The average Bonchev–Trinajstić information content (AvgIpc) is 2.93. The highest BCUT2D eigenvalue weighted by atomic mass is 32.2. The van der Waals surface area contributed by atoms with Crippen LogP contribution in [0.3, 0.4) is 0 Å². The van der Waals surface area contributed by atoms with Gasteiger partial charge in [0.25, 0.3) is 0 Å². The summed E-state index contributed by atoms with van der Waals surface area (Å²) in [5, 5.41) is 20.6. The van der Waals surface area contributed by atoms with Gasteiger partial charge in [-0.1, -0.05) is 11.8 Å². The minimum absolute atomic E-state index is 0.000576. The van der Waals surface area contributed by atoms with Crippen LogP contribution in [0.15, 0.2) is 23.5 Å².